The summed E-state index contributed by atoms with van der Waals surface area (Å²) in [5.74, 6) is -0.503. The summed E-state index contributed by atoms with van der Waals surface area (Å²) < 4.78 is 49.4. The van der Waals surface area contributed by atoms with E-state index in [1.807, 2.05) is 6.07 Å². The lowest BCUT2D eigenvalue weighted by Crippen LogP contribution is -2.53. The molecule has 2 unspecified atom stereocenters. The van der Waals surface area contributed by atoms with Gasteiger partial charge in [0.2, 0.25) is 10.0 Å². The minimum absolute atomic E-state index is 0.0911. The molecule has 1 aliphatic rings. The Kier molecular flexibility index (Phi) is 7.11. The van der Waals surface area contributed by atoms with Crippen LogP contribution in [0.15, 0.2) is 77.8 Å². The molecule has 0 bridgehead atoms. The van der Waals surface area contributed by atoms with Crippen LogP contribution in [0.4, 0.5) is 4.39 Å². The number of aliphatic hydroxyl groups is 1. The number of halogens is 1. The molecule has 3 aromatic rings. The van der Waals surface area contributed by atoms with Crippen LogP contribution in [0, 0.1) is 17.1 Å². The summed E-state index contributed by atoms with van der Waals surface area (Å²) in [4.78, 5) is 4.32. The molecule has 4 rings (SSSR count). The Bertz CT molecular complexity index is 1430. The topological polar surface area (TPSA) is 112 Å². The van der Waals surface area contributed by atoms with Crippen molar-refractivity contribution in [3.05, 3.63) is 95.3 Å². The van der Waals surface area contributed by atoms with E-state index in [-0.39, 0.29) is 24.6 Å². The van der Waals surface area contributed by atoms with E-state index in [1.165, 1.54) is 6.07 Å². The number of nitriles is 1. The molecule has 0 amide bonds. The van der Waals surface area contributed by atoms with Gasteiger partial charge in [-0.2, -0.15) is 5.26 Å². The van der Waals surface area contributed by atoms with E-state index < -0.39 is 32.7 Å². The molecule has 36 heavy (non-hydrogen) atoms. The smallest absolute Gasteiger partial charge is 0.299 e. The van der Waals surface area contributed by atoms with Gasteiger partial charge in [-0.25, -0.2) is 22.5 Å². The molecule has 0 spiro atoms. The fourth-order valence-corrected chi connectivity index (χ4v) is 6.19. The van der Waals surface area contributed by atoms with Gasteiger partial charge in [-0.1, -0.05) is 54.6 Å². The van der Waals surface area contributed by atoms with E-state index in [0.29, 0.717) is 11.1 Å². The second kappa shape index (κ2) is 10.1. The van der Waals surface area contributed by atoms with Gasteiger partial charge in [0, 0.05) is 12.2 Å². The molecule has 0 aromatic heterocycles. The van der Waals surface area contributed by atoms with Crippen molar-refractivity contribution in [3.8, 4) is 17.2 Å². The molecule has 3 aromatic carbocycles. The molecule has 0 aliphatic carbocycles. The quantitative estimate of drug-likeness (QED) is 0.506. The van der Waals surface area contributed by atoms with Gasteiger partial charge in [0.15, 0.2) is 0 Å². The summed E-state index contributed by atoms with van der Waals surface area (Å²) in [6.07, 6.45) is 0.0911. The van der Waals surface area contributed by atoms with Crippen LogP contribution in [-0.2, 0) is 14.8 Å². The zero-order chi connectivity index (χ0) is 25.9. The molecule has 2 atom stereocenters. The lowest BCUT2D eigenvalue weighted by molar-refractivity contribution is 0.0758. The highest BCUT2D eigenvalue weighted by atomic mass is 32.2. The number of amidine groups is 1. The third-order valence-electron chi connectivity index (χ3n) is 6.01. The van der Waals surface area contributed by atoms with E-state index in [0.717, 1.165) is 11.1 Å². The third kappa shape index (κ3) is 5.25. The van der Waals surface area contributed by atoms with Gasteiger partial charge < -0.3 is 9.84 Å². The van der Waals surface area contributed by atoms with Crippen molar-refractivity contribution in [3.63, 3.8) is 0 Å². The van der Waals surface area contributed by atoms with E-state index in [9.17, 15) is 17.9 Å². The van der Waals surface area contributed by atoms with Gasteiger partial charge in [-0.3, -0.25) is 0 Å². The van der Waals surface area contributed by atoms with Gasteiger partial charge in [0.05, 0.1) is 17.7 Å². The number of aliphatic imine (C=N–C) groups is 1. The van der Waals surface area contributed by atoms with Crippen molar-refractivity contribution in [1.29, 1.82) is 5.26 Å². The summed E-state index contributed by atoms with van der Waals surface area (Å²) in [5, 5.41) is 17.6. The van der Waals surface area contributed by atoms with Gasteiger partial charge in [0.25, 0.3) is 6.02 Å². The Morgan fingerprint density at radius 3 is 2.47 bits per heavy atom. The molecule has 1 fully saturated rings. The van der Waals surface area contributed by atoms with Gasteiger partial charge >= 0.3 is 0 Å². The average Bonchev–Trinajstić information content (AvgIpc) is 2.83. The number of aliphatic hydroxyl groups excluding tert-OH is 1. The SMILES string of the molecule is CC1(C)OC(=NC(CCO)c2ccccc2F)NS(=O)(=O)C1c1ccc(-c2cccc(C#N)c2)cc1. The van der Waals surface area contributed by atoms with Crippen LogP contribution in [0.2, 0.25) is 0 Å². The second-order valence-electron chi connectivity index (χ2n) is 9.03. The maximum Gasteiger partial charge on any atom is 0.299 e. The predicted molar refractivity (Wildman–Crippen MR) is 135 cm³/mol. The number of benzene rings is 3. The van der Waals surface area contributed by atoms with Crippen molar-refractivity contribution in [2.45, 2.75) is 37.2 Å². The first-order chi connectivity index (χ1) is 17.1. The lowest BCUT2D eigenvalue weighted by Gasteiger charge is -2.39. The molecule has 2 N–H and O–H groups in total. The van der Waals surface area contributed by atoms with Gasteiger partial charge in [-0.05, 0) is 55.2 Å². The number of ether oxygens (including phenoxy) is 1. The van der Waals surface area contributed by atoms with Crippen LogP contribution in [-0.4, -0.2) is 31.8 Å². The lowest BCUT2D eigenvalue weighted by atomic mass is 9.95. The Morgan fingerprint density at radius 2 is 1.83 bits per heavy atom. The van der Waals surface area contributed by atoms with Crippen molar-refractivity contribution in [2.24, 2.45) is 4.99 Å². The Morgan fingerprint density at radius 1 is 1.11 bits per heavy atom. The van der Waals surface area contributed by atoms with E-state index in [2.05, 4.69) is 15.8 Å². The monoisotopic (exact) mass is 507 g/mol. The Balaban J connectivity index is 1.64. The first-order valence-corrected chi connectivity index (χ1v) is 12.9. The molecule has 1 saturated heterocycles. The summed E-state index contributed by atoms with van der Waals surface area (Å²) in [7, 11) is -3.98. The summed E-state index contributed by atoms with van der Waals surface area (Å²) >= 11 is 0. The summed E-state index contributed by atoms with van der Waals surface area (Å²) in [5.41, 5.74) is 1.77. The number of nitrogens with zero attached hydrogens (tertiary/aromatic N) is 2. The normalized spacial score (nSPS) is 20.1. The largest absolute Gasteiger partial charge is 0.457 e. The first kappa shape index (κ1) is 25.4. The van der Waals surface area contributed by atoms with Crippen LogP contribution in [0.25, 0.3) is 11.1 Å². The average molecular weight is 508 g/mol. The fourth-order valence-electron chi connectivity index (χ4n) is 4.43. The van der Waals surface area contributed by atoms with Crippen LogP contribution in [0.1, 0.15) is 48.3 Å². The second-order valence-corrected chi connectivity index (χ2v) is 10.8. The van der Waals surface area contributed by atoms with Crippen molar-refractivity contribution < 1.29 is 22.7 Å². The minimum atomic E-state index is -3.98. The molecular weight excluding hydrogens is 481 g/mol. The number of sulfonamides is 1. The molecule has 0 radical (unpaired) electrons. The minimum Gasteiger partial charge on any atom is -0.457 e. The number of nitrogens with one attached hydrogen (secondary N) is 1. The van der Waals surface area contributed by atoms with Crippen molar-refractivity contribution in [2.75, 3.05) is 6.61 Å². The summed E-state index contributed by atoms with van der Waals surface area (Å²) in [6.45, 7) is 3.04. The standard InChI is InChI=1S/C27H26FN3O4S/c1-27(2)25(20-12-10-19(11-13-20)21-7-5-6-18(16-21)17-29)36(33,34)31-26(35-27)30-24(14-15-32)22-8-3-4-9-23(22)28/h3-13,16,24-25,32H,14-15H2,1-2H3,(H,30,31). The maximum atomic E-state index is 14.4. The molecule has 7 nitrogen and oxygen atoms in total. The number of hydrogen-bond donors (Lipinski definition) is 2. The molecule has 0 saturated carbocycles. The molecule has 1 heterocycles. The Hall–Kier alpha value is -3.74. The summed E-state index contributed by atoms with van der Waals surface area (Å²) in [6, 6.07) is 21.2. The van der Waals surface area contributed by atoms with Crippen LogP contribution >= 0.6 is 0 Å². The molecular formula is C27H26FN3O4S. The van der Waals surface area contributed by atoms with Crippen LogP contribution in [0.3, 0.4) is 0 Å². The van der Waals surface area contributed by atoms with Crippen LogP contribution in [0.5, 0.6) is 0 Å². The zero-order valence-electron chi connectivity index (χ0n) is 19.8. The van der Waals surface area contributed by atoms with Crippen LogP contribution < -0.4 is 4.72 Å². The molecule has 1 aliphatic heterocycles. The van der Waals surface area contributed by atoms with Gasteiger partial charge in [0.1, 0.15) is 16.7 Å². The number of rotatable bonds is 6. The van der Waals surface area contributed by atoms with E-state index in [1.54, 1.807) is 74.5 Å². The highest BCUT2D eigenvalue weighted by Crippen LogP contribution is 2.39. The predicted octanol–water partition coefficient (Wildman–Crippen LogP) is 4.61. The van der Waals surface area contributed by atoms with E-state index in [4.69, 9.17) is 10.00 Å². The van der Waals surface area contributed by atoms with Crippen molar-refractivity contribution >= 4 is 16.0 Å². The first-order valence-electron chi connectivity index (χ1n) is 11.4. The fraction of sp³-hybridized carbons (Fsp3) is 0.259. The Labute approximate surface area is 209 Å². The maximum absolute atomic E-state index is 14.4. The van der Waals surface area contributed by atoms with E-state index >= 15 is 0 Å². The number of hydrogen-bond acceptors (Lipinski definition) is 6. The molecule has 186 valence electrons. The van der Waals surface area contributed by atoms with Gasteiger partial charge in [-0.15, -0.1) is 0 Å². The highest BCUT2D eigenvalue weighted by molar-refractivity contribution is 7.90. The highest BCUT2D eigenvalue weighted by Gasteiger charge is 2.48. The van der Waals surface area contributed by atoms with Crippen molar-refractivity contribution in [1.82, 2.24) is 4.72 Å². The molecule has 9 heteroatoms. The zero-order valence-corrected chi connectivity index (χ0v) is 20.7. The third-order valence-corrected chi connectivity index (χ3v) is 7.93.